The number of rotatable bonds is 4. The summed E-state index contributed by atoms with van der Waals surface area (Å²) in [5.41, 5.74) is 8.32. The molecule has 0 bridgehead atoms. The molecule has 0 saturated heterocycles. The van der Waals surface area contributed by atoms with Gasteiger partial charge in [0.1, 0.15) is 5.82 Å². The average Bonchev–Trinajstić information content (AvgIpc) is 2.46. The van der Waals surface area contributed by atoms with Crippen LogP contribution in [0.2, 0.25) is 0 Å². The van der Waals surface area contributed by atoms with E-state index in [-0.39, 0.29) is 17.8 Å². The van der Waals surface area contributed by atoms with Crippen LogP contribution in [0.25, 0.3) is 11.4 Å². The van der Waals surface area contributed by atoms with Crippen LogP contribution in [0.1, 0.15) is 36.7 Å². The fraction of sp³-hybridized carbons (Fsp3) is 0.312. The van der Waals surface area contributed by atoms with Crippen molar-refractivity contribution < 1.29 is 4.79 Å². The van der Waals surface area contributed by atoms with E-state index >= 15 is 0 Å². The Labute approximate surface area is 124 Å². The molecule has 1 heterocycles. The number of anilines is 1. The van der Waals surface area contributed by atoms with Crippen LogP contribution in [0.3, 0.4) is 0 Å². The lowest BCUT2D eigenvalue weighted by Crippen LogP contribution is -2.31. The van der Waals surface area contributed by atoms with Gasteiger partial charge in [0.25, 0.3) is 5.91 Å². The first kappa shape index (κ1) is 15.0. The topological polar surface area (TPSA) is 80.9 Å². The van der Waals surface area contributed by atoms with E-state index < -0.39 is 0 Å². The molecular weight excluding hydrogens is 264 g/mol. The number of aromatic nitrogens is 2. The first-order valence-electron chi connectivity index (χ1n) is 7.04. The van der Waals surface area contributed by atoms with E-state index in [4.69, 9.17) is 5.73 Å². The maximum Gasteiger partial charge on any atom is 0.256 e. The maximum atomic E-state index is 11.9. The molecular formula is C16H20N4O. The molecule has 1 aromatic carbocycles. The second kappa shape index (κ2) is 6.35. The second-order valence-electron chi connectivity index (χ2n) is 5.17. The highest BCUT2D eigenvalue weighted by Gasteiger charge is 2.14. The van der Waals surface area contributed by atoms with E-state index in [1.807, 2.05) is 38.1 Å². The van der Waals surface area contributed by atoms with Crippen molar-refractivity contribution in [2.24, 2.45) is 0 Å². The lowest BCUT2D eigenvalue weighted by atomic mass is 10.1. The van der Waals surface area contributed by atoms with Crippen molar-refractivity contribution >= 4 is 11.7 Å². The molecule has 1 amide bonds. The molecule has 0 saturated carbocycles. The number of carbonyl (C=O) groups is 1. The molecule has 0 aliphatic rings. The van der Waals surface area contributed by atoms with Crippen molar-refractivity contribution in [2.45, 2.75) is 33.2 Å². The molecule has 0 fully saturated rings. The lowest BCUT2D eigenvalue weighted by molar-refractivity contribution is 0.0943. The number of benzene rings is 1. The van der Waals surface area contributed by atoms with Crippen LogP contribution in [0.15, 0.2) is 30.5 Å². The molecule has 5 nitrogen and oxygen atoms in total. The Morgan fingerprint density at radius 2 is 1.95 bits per heavy atom. The number of amides is 1. The summed E-state index contributed by atoms with van der Waals surface area (Å²) in [6, 6.07) is 8.03. The van der Waals surface area contributed by atoms with E-state index in [1.165, 1.54) is 11.8 Å². The van der Waals surface area contributed by atoms with Crippen LogP contribution in [-0.4, -0.2) is 21.9 Å². The van der Waals surface area contributed by atoms with E-state index in [2.05, 4.69) is 22.2 Å². The number of nitrogens with two attached hydrogens (primary N) is 1. The third kappa shape index (κ3) is 3.56. The SMILES string of the molecule is CCc1ccc(-c2ncc(C(=O)NC(C)C)c(N)n2)cc1. The fourth-order valence-electron chi connectivity index (χ4n) is 1.94. The van der Waals surface area contributed by atoms with Crippen molar-refractivity contribution in [3.8, 4) is 11.4 Å². The van der Waals surface area contributed by atoms with Gasteiger partial charge in [-0.15, -0.1) is 0 Å². The van der Waals surface area contributed by atoms with Crippen LogP contribution >= 0.6 is 0 Å². The number of nitrogen functional groups attached to an aromatic ring is 1. The minimum atomic E-state index is -0.254. The maximum absolute atomic E-state index is 11.9. The minimum Gasteiger partial charge on any atom is -0.383 e. The number of nitrogens with one attached hydrogen (secondary N) is 1. The third-order valence-electron chi connectivity index (χ3n) is 3.10. The molecule has 5 heteroatoms. The highest BCUT2D eigenvalue weighted by molar-refractivity contribution is 5.98. The zero-order valence-corrected chi connectivity index (χ0v) is 12.6. The Hall–Kier alpha value is -2.43. The molecule has 0 radical (unpaired) electrons. The predicted molar refractivity (Wildman–Crippen MR) is 83.9 cm³/mol. The summed E-state index contributed by atoms with van der Waals surface area (Å²) in [7, 11) is 0. The standard InChI is InChI=1S/C16H20N4O/c1-4-11-5-7-12(8-6-11)15-18-9-13(14(17)20-15)16(21)19-10(2)3/h5-10H,4H2,1-3H3,(H,19,21)(H2,17,18,20). The van der Waals surface area contributed by atoms with Gasteiger partial charge >= 0.3 is 0 Å². The molecule has 0 aliphatic heterocycles. The summed E-state index contributed by atoms with van der Waals surface area (Å²) in [5.74, 6) is 0.462. The molecule has 0 atom stereocenters. The fourth-order valence-corrected chi connectivity index (χ4v) is 1.94. The summed E-state index contributed by atoms with van der Waals surface area (Å²) in [5, 5.41) is 2.78. The Morgan fingerprint density at radius 1 is 1.29 bits per heavy atom. The number of aryl methyl sites for hydroxylation is 1. The van der Waals surface area contributed by atoms with Gasteiger partial charge in [0.2, 0.25) is 0 Å². The van der Waals surface area contributed by atoms with Crippen molar-refractivity contribution in [1.29, 1.82) is 0 Å². The summed E-state index contributed by atoms with van der Waals surface area (Å²) in [4.78, 5) is 20.4. The molecule has 0 unspecified atom stereocenters. The summed E-state index contributed by atoms with van der Waals surface area (Å²) in [6.45, 7) is 5.88. The van der Waals surface area contributed by atoms with Gasteiger partial charge in [-0.25, -0.2) is 9.97 Å². The van der Waals surface area contributed by atoms with Gasteiger partial charge in [0, 0.05) is 17.8 Å². The van der Waals surface area contributed by atoms with Crippen LogP contribution in [0.4, 0.5) is 5.82 Å². The van der Waals surface area contributed by atoms with Crippen LogP contribution in [-0.2, 0) is 6.42 Å². The Kier molecular flexibility index (Phi) is 4.52. The molecule has 0 spiro atoms. The van der Waals surface area contributed by atoms with Crippen molar-refractivity contribution in [1.82, 2.24) is 15.3 Å². The van der Waals surface area contributed by atoms with Gasteiger partial charge in [-0.2, -0.15) is 0 Å². The number of nitrogens with zero attached hydrogens (tertiary/aromatic N) is 2. The highest BCUT2D eigenvalue weighted by Crippen LogP contribution is 2.18. The third-order valence-corrected chi connectivity index (χ3v) is 3.10. The molecule has 2 rings (SSSR count). The molecule has 3 N–H and O–H groups in total. The molecule has 21 heavy (non-hydrogen) atoms. The van der Waals surface area contributed by atoms with Gasteiger partial charge in [0.15, 0.2) is 5.82 Å². The van der Waals surface area contributed by atoms with E-state index in [9.17, 15) is 4.79 Å². The first-order valence-corrected chi connectivity index (χ1v) is 7.04. The largest absolute Gasteiger partial charge is 0.383 e. The summed E-state index contributed by atoms with van der Waals surface area (Å²) in [6.07, 6.45) is 2.46. The van der Waals surface area contributed by atoms with Gasteiger partial charge < -0.3 is 11.1 Å². The monoisotopic (exact) mass is 284 g/mol. The molecule has 110 valence electrons. The quantitative estimate of drug-likeness (QED) is 0.903. The van der Waals surface area contributed by atoms with Crippen molar-refractivity contribution in [3.05, 3.63) is 41.6 Å². The van der Waals surface area contributed by atoms with E-state index in [1.54, 1.807) is 0 Å². The zero-order valence-electron chi connectivity index (χ0n) is 12.6. The molecule has 2 aromatic rings. The van der Waals surface area contributed by atoms with Crippen LogP contribution in [0, 0.1) is 0 Å². The summed E-state index contributed by atoms with van der Waals surface area (Å²) >= 11 is 0. The van der Waals surface area contributed by atoms with E-state index in [0.29, 0.717) is 11.4 Å². The average molecular weight is 284 g/mol. The second-order valence-corrected chi connectivity index (χ2v) is 5.17. The van der Waals surface area contributed by atoms with Gasteiger partial charge in [-0.05, 0) is 25.8 Å². The lowest BCUT2D eigenvalue weighted by Gasteiger charge is -2.10. The van der Waals surface area contributed by atoms with Gasteiger partial charge in [-0.3, -0.25) is 4.79 Å². The first-order chi connectivity index (χ1) is 10.0. The van der Waals surface area contributed by atoms with Gasteiger partial charge in [0.05, 0.1) is 5.56 Å². The van der Waals surface area contributed by atoms with Crippen molar-refractivity contribution in [3.63, 3.8) is 0 Å². The van der Waals surface area contributed by atoms with Crippen LogP contribution < -0.4 is 11.1 Å². The molecule has 1 aromatic heterocycles. The Bertz CT molecular complexity index is 635. The molecule has 0 aliphatic carbocycles. The zero-order chi connectivity index (χ0) is 15.4. The van der Waals surface area contributed by atoms with Crippen molar-refractivity contribution in [2.75, 3.05) is 5.73 Å². The summed E-state index contributed by atoms with van der Waals surface area (Å²) < 4.78 is 0. The minimum absolute atomic E-state index is 0.0400. The number of carbonyl (C=O) groups excluding carboxylic acids is 1. The normalized spacial score (nSPS) is 10.7. The number of hydrogen-bond donors (Lipinski definition) is 2. The Morgan fingerprint density at radius 3 is 2.48 bits per heavy atom. The van der Waals surface area contributed by atoms with Gasteiger partial charge in [-0.1, -0.05) is 31.2 Å². The van der Waals surface area contributed by atoms with Crippen LogP contribution in [0.5, 0.6) is 0 Å². The smallest absolute Gasteiger partial charge is 0.256 e. The highest BCUT2D eigenvalue weighted by atomic mass is 16.1. The van der Waals surface area contributed by atoms with E-state index in [0.717, 1.165) is 12.0 Å². The Balaban J connectivity index is 2.27. The predicted octanol–water partition coefficient (Wildman–Crippen LogP) is 2.43. The number of hydrogen-bond acceptors (Lipinski definition) is 4.